The standard InChI is InChI=1S/C22H22O5S/c1-2-9-21(26)27-28(17-10-5-3-6-11-17,18-12-7-4-8-13-18)22-19(24)14-16(23)15-20(22)25/h3-8,10-15,23-25H,2,9H2,1H3. The van der Waals surface area contributed by atoms with Gasteiger partial charge in [0.15, 0.2) is 0 Å². The molecule has 0 aliphatic carbocycles. The molecule has 0 radical (unpaired) electrons. The van der Waals surface area contributed by atoms with Gasteiger partial charge in [-0.2, -0.15) is 0 Å². The van der Waals surface area contributed by atoms with E-state index in [4.69, 9.17) is 4.18 Å². The van der Waals surface area contributed by atoms with Crippen LogP contribution < -0.4 is 0 Å². The molecule has 0 heterocycles. The van der Waals surface area contributed by atoms with Crippen molar-refractivity contribution in [1.29, 1.82) is 0 Å². The smallest absolute Gasteiger partial charge is 0.317 e. The second-order valence-corrected chi connectivity index (χ2v) is 8.83. The number of phenolic OH excluding ortho intramolecular Hbond substituents is 3. The summed E-state index contributed by atoms with van der Waals surface area (Å²) in [5.41, 5.74) is 0. The van der Waals surface area contributed by atoms with Gasteiger partial charge < -0.3 is 19.5 Å². The van der Waals surface area contributed by atoms with Crippen molar-refractivity contribution in [3.05, 3.63) is 72.8 Å². The van der Waals surface area contributed by atoms with E-state index in [1.54, 1.807) is 24.3 Å². The molecule has 0 fully saturated rings. The fourth-order valence-corrected chi connectivity index (χ4v) is 6.17. The van der Waals surface area contributed by atoms with Crippen LogP contribution in [0.1, 0.15) is 19.8 Å². The Morgan fingerprint density at radius 2 is 1.32 bits per heavy atom. The number of hydrogen-bond acceptors (Lipinski definition) is 5. The van der Waals surface area contributed by atoms with Crippen LogP contribution in [0.2, 0.25) is 0 Å². The largest absolute Gasteiger partial charge is 0.508 e. The molecule has 0 aliphatic rings. The summed E-state index contributed by atoms with van der Waals surface area (Å²) in [7, 11) is -2.79. The first-order chi connectivity index (χ1) is 13.5. The number of carbonyl (C=O) groups is 1. The van der Waals surface area contributed by atoms with Crippen LogP contribution in [0.5, 0.6) is 17.2 Å². The normalized spacial score (nSPS) is 11.8. The fraction of sp³-hybridized carbons (Fsp3) is 0.136. The Morgan fingerprint density at radius 3 is 1.75 bits per heavy atom. The Kier molecular flexibility index (Phi) is 5.80. The van der Waals surface area contributed by atoms with E-state index in [0.717, 1.165) is 12.1 Å². The third-order valence-electron chi connectivity index (χ3n) is 4.14. The molecule has 0 spiro atoms. The van der Waals surface area contributed by atoms with Crippen LogP contribution in [-0.2, 0) is 8.98 Å². The van der Waals surface area contributed by atoms with E-state index >= 15 is 0 Å². The van der Waals surface area contributed by atoms with Crippen molar-refractivity contribution in [3.8, 4) is 17.2 Å². The molecule has 146 valence electrons. The molecule has 3 rings (SSSR count). The molecule has 0 saturated carbocycles. The SMILES string of the molecule is CCCC(=O)OS(c1ccccc1)(c1ccccc1)c1c(O)cc(O)cc1O. The summed E-state index contributed by atoms with van der Waals surface area (Å²) in [6.45, 7) is 1.87. The first kappa shape index (κ1) is 19.6. The van der Waals surface area contributed by atoms with Crippen molar-refractivity contribution >= 4 is 16.3 Å². The van der Waals surface area contributed by atoms with Gasteiger partial charge in [0.25, 0.3) is 0 Å². The van der Waals surface area contributed by atoms with E-state index in [1.807, 2.05) is 43.3 Å². The summed E-state index contributed by atoms with van der Waals surface area (Å²) in [5.74, 6) is -1.40. The van der Waals surface area contributed by atoms with E-state index in [1.165, 1.54) is 0 Å². The number of carbonyl (C=O) groups excluding carboxylic acids is 1. The number of aromatic hydroxyl groups is 3. The second-order valence-electron chi connectivity index (χ2n) is 6.20. The van der Waals surface area contributed by atoms with Crippen molar-refractivity contribution in [3.63, 3.8) is 0 Å². The molecule has 28 heavy (non-hydrogen) atoms. The highest BCUT2D eigenvalue weighted by Crippen LogP contribution is 2.73. The molecule has 0 atom stereocenters. The van der Waals surface area contributed by atoms with Crippen molar-refractivity contribution in [1.82, 2.24) is 0 Å². The lowest BCUT2D eigenvalue weighted by molar-refractivity contribution is -0.133. The molecule has 0 bridgehead atoms. The molecule has 0 unspecified atom stereocenters. The van der Waals surface area contributed by atoms with Gasteiger partial charge in [0, 0.05) is 38.7 Å². The monoisotopic (exact) mass is 398 g/mol. The van der Waals surface area contributed by atoms with E-state index in [9.17, 15) is 20.1 Å². The summed E-state index contributed by atoms with van der Waals surface area (Å²) in [6.07, 6.45) is 0.805. The molecule has 0 saturated heterocycles. The van der Waals surface area contributed by atoms with E-state index in [2.05, 4.69) is 0 Å². The molecular formula is C22H22O5S. The van der Waals surface area contributed by atoms with Crippen molar-refractivity contribution < 1.29 is 24.3 Å². The summed E-state index contributed by atoms with van der Waals surface area (Å²) < 4.78 is 6.08. The number of rotatable bonds is 6. The molecule has 0 aliphatic heterocycles. The Balaban J connectivity index is 2.39. The number of hydrogen-bond donors (Lipinski definition) is 3. The maximum atomic E-state index is 12.7. The lowest BCUT2D eigenvalue weighted by atomic mass is 10.3. The third kappa shape index (κ3) is 3.64. The summed E-state index contributed by atoms with van der Waals surface area (Å²) in [4.78, 5) is 14.0. The van der Waals surface area contributed by atoms with Gasteiger partial charge in [-0.1, -0.05) is 43.3 Å². The van der Waals surface area contributed by atoms with Crippen LogP contribution in [-0.4, -0.2) is 21.3 Å². The highest BCUT2D eigenvalue weighted by Gasteiger charge is 2.40. The summed E-state index contributed by atoms with van der Waals surface area (Å²) in [5, 5.41) is 31.1. The zero-order valence-electron chi connectivity index (χ0n) is 15.4. The quantitative estimate of drug-likeness (QED) is 0.521. The summed E-state index contributed by atoms with van der Waals surface area (Å²) in [6, 6.07) is 20.4. The Bertz CT molecular complexity index is 895. The first-order valence-corrected chi connectivity index (χ1v) is 10.5. The van der Waals surface area contributed by atoms with E-state index in [0.29, 0.717) is 16.2 Å². The van der Waals surface area contributed by atoms with Crippen molar-refractivity contribution in [2.24, 2.45) is 0 Å². The van der Waals surface area contributed by atoms with Crippen LogP contribution in [0.4, 0.5) is 0 Å². The average molecular weight is 398 g/mol. The highest BCUT2D eigenvalue weighted by molar-refractivity contribution is 8.30. The van der Waals surface area contributed by atoms with Crippen LogP contribution in [0.15, 0.2) is 87.5 Å². The van der Waals surface area contributed by atoms with Gasteiger partial charge in [-0.05, 0) is 30.7 Å². The minimum Gasteiger partial charge on any atom is -0.508 e. The van der Waals surface area contributed by atoms with E-state index in [-0.39, 0.29) is 28.6 Å². The average Bonchev–Trinajstić information content (AvgIpc) is 2.68. The number of benzene rings is 3. The van der Waals surface area contributed by atoms with Gasteiger partial charge in [-0.25, -0.2) is 0 Å². The molecule has 0 amide bonds. The third-order valence-corrected chi connectivity index (χ3v) is 7.45. The highest BCUT2D eigenvalue weighted by atomic mass is 32.3. The molecule has 3 aromatic rings. The summed E-state index contributed by atoms with van der Waals surface area (Å²) >= 11 is 0. The maximum absolute atomic E-state index is 12.7. The van der Waals surface area contributed by atoms with Crippen LogP contribution in [0.25, 0.3) is 0 Å². The van der Waals surface area contributed by atoms with Gasteiger partial charge in [0.1, 0.15) is 22.1 Å². The fourth-order valence-electron chi connectivity index (χ4n) is 3.00. The van der Waals surface area contributed by atoms with Crippen LogP contribution in [0.3, 0.4) is 0 Å². The Labute approximate surface area is 165 Å². The van der Waals surface area contributed by atoms with Crippen molar-refractivity contribution in [2.75, 3.05) is 0 Å². The van der Waals surface area contributed by atoms with Gasteiger partial charge in [0.2, 0.25) is 0 Å². The van der Waals surface area contributed by atoms with Gasteiger partial charge >= 0.3 is 5.97 Å². The molecule has 6 heteroatoms. The molecular weight excluding hydrogens is 376 g/mol. The molecule has 3 aromatic carbocycles. The Morgan fingerprint density at radius 1 is 0.857 bits per heavy atom. The zero-order chi connectivity index (χ0) is 20.1. The number of phenols is 3. The van der Waals surface area contributed by atoms with E-state index < -0.39 is 16.3 Å². The zero-order valence-corrected chi connectivity index (χ0v) is 16.2. The predicted molar refractivity (Wildman–Crippen MR) is 108 cm³/mol. The van der Waals surface area contributed by atoms with Crippen LogP contribution in [0, 0.1) is 0 Å². The lowest BCUT2D eigenvalue weighted by Crippen LogP contribution is -2.13. The second kappa shape index (κ2) is 8.27. The minimum absolute atomic E-state index is 0.0761. The molecule has 5 nitrogen and oxygen atoms in total. The van der Waals surface area contributed by atoms with Gasteiger partial charge in [0.05, 0.1) is 0 Å². The topological polar surface area (TPSA) is 87.0 Å². The first-order valence-electron chi connectivity index (χ1n) is 8.89. The van der Waals surface area contributed by atoms with Crippen molar-refractivity contribution in [2.45, 2.75) is 34.5 Å². The predicted octanol–water partition coefficient (Wildman–Crippen LogP) is 5.34. The van der Waals surface area contributed by atoms with Gasteiger partial charge in [-0.3, -0.25) is 4.79 Å². The lowest BCUT2D eigenvalue weighted by Gasteiger charge is -2.40. The molecule has 3 N–H and O–H groups in total. The maximum Gasteiger partial charge on any atom is 0.317 e. The molecule has 0 aromatic heterocycles. The minimum atomic E-state index is -2.79. The van der Waals surface area contributed by atoms with Crippen LogP contribution >= 0.6 is 10.3 Å². The Hall–Kier alpha value is -3.12. The van der Waals surface area contributed by atoms with Gasteiger partial charge in [-0.15, -0.1) is 0 Å².